The van der Waals surface area contributed by atoms with Crippen LogP contribution in [0.1, 0.15) is 124 Å². The van der Waals surface area contributed by atoms with E-state index in [2.05, 4.69) is 13.8 Å². The molecule has 0 heterocycles. The van der Waals surface area contributed by atoms with Gasteiger partial charge in [0.2, 0.25) is 0 Å². The fraction of sp³-hybridized carbons (Fsp3) is 0.926. The molecule has 0 radical (unpaired) electrons. The van der Waals surface area contributed by atoms with E-state index in [9.17, 15) is 9.59 Å². The Kier molecular flexibility index (Phi) is 17.4. The zero-order valence-electron chi connectivity index (χ0n) is 21.8. The molecule has 6 heteroatoms. The first-order chi connectivity index (χ1) is 16.0. The zero-order valence-corrected chi connectivity index (χ0v) is 21.8. The van der Waals surface area contributed by atoms with Gasteiger partial charge in [0, 0.05) is 32.0 Å². The highest BCUT2D eigenvalue weighted by Crippen LogP contribution is 2.33. The van der Waals surface area contributed by atoms with Crippen LogP contribution in [0.25, 0.3) is 0 Å². The van der Waals surface area contributed by atoms with Gasteiger partial charge in [-0.15, -0.1) is 0 Å². The summed E-state index contributed by atoms with van der Waals surface area (Å²) in [6.07, 6.45) is 12.7. The van der Waals surface area contributed by atoms with Crippen molar-refractivity contribution in [2.24, 2.45) is 5.92 Å². The maximum atomic E-state index is 12.6. The van der Waals surface area contributed by atoms with Crippen LogP contribution in [-0.4, -0.2) is 43.7 Å². The molecule has 1 aliphatic rings. The van der Waals surface area contributed by atoms with Crippen LogP contribution < -0.4 is 0 Å². The molecular formula is C27H50O6. The summed E-state index contributed by atoms with van der Waals surface area (Å²) in [5.41, 5.74) is 0. The molecule has 0 saturated heterocycles. The van der Waals surface area contributed by atoms with Crippen LogP contribution in [0, 0.1) is 5.92 Å². The Balaban J connectivity index is 2.64. The van der Waals surface area contributed by atoms with Crippen molar-refractivity contribution >= 4 is 11.9 Å². The molecule has 0 aromatic rings. The Morgan fingerprint density at radius 1 is 0.667 bits per heavy atom. The third kappa shape index (κ3) is 13.4. The van der Waals surface area contributed by atoms with E-state index in [-0.39, 0.29) is 30.3 Å². The molecule has 1 rings (SSSR count). The monoisotopic (exact) mass is 470 g/mol. The van der Waals surface area contributed by atoms with Gasteiger partial charge < -0.3 is 18.9 Å². The van der Waals surface area contributed by atoms with Crippen molar-refractivity contribution < 1.29 is 28.5 Å². The quantitative estimate of drug-likeness (QED) is 0.118. The fourth-order valence-electron chi connectivity index (χ4n) is 4.49. The van der Waals surface area contributed by atoms with Gasteiger partial charge in [0.15, 0.2) is 6.29 Å². The molecule has 6 nitrogen and oxygen atoms in total. The molecule has 1 saturated carbocycles. The van der Waals surface area contributed by atoms with E-state index < -0.39 is 6.10 Å². The second kappa shape index (κ2) is 19.2. The summed E-state index contributed by atoms with van der Waals surface area (Å²) < 4.78 is 23.3. The second-order valence-electron chi connectivity index (χ2n) is 9.24. The third-order valence-corrected chi connectivity index (χ3v) is 6.35. The zero-order chi connectivity index (χ0) is 24.3. The Bertz CT molecular complexity index is 503. The maximum absolute atomic E-state index is 12.6. The summed E-state index contributed by atoms with van der Waals surface area (Å²) in [6, 6.07) is 0. The largest absolute Gasteiger partial charge is 0.458 e. The highest BCUT2D eigenvalue weighted by molar-refractivity contribution is 5.70. The number of esters is 2. The topological polar surface area (TPSA) is 71.1 Å². The maximum Gasteiger partial charge on any atom is 0.306 e. The predicted octanol–water partition coefficient (Wildman–Crippen LogP) is 6.73. The molecule has 0 aromatic carbocycles. The molecule has 0 spiro atoms. The van der Waals surface area contributed by atoms with Crippen molar-refractivity contribution in [3.8, 4) is 0 Å². The van der Waals surface area contributed by atoms with Crippen molar-refractivity contribution in [1.29, 1.82) is 0 Å². The normalized spacial score (nSPS) is 20.7. The van der Waals surface area contributed by atoms with Gasteiger partial charge in [-0.3, -0.25) is 9.59 Å². The molecule has 0 amide bonds. The van der Waals surface area contributed by atoms with Crippen molar-refractivity contribution in [2.75, 3.05) is 13.2 Å². The first-order valence-electron chi connectivity index (χ1n) is 13.7. The van der Waals surface area contributed by atoms with Gasteiger partial charge in [-0.1, -0.05) is 65.2 Å². The number of carbonyl (C=O) groups is 2. The van der Waals surface area contributed by atoms with Crippen LogP contribution in [-0.2, 0) is 28.5 Å². The van der Waals surface area contributed by atoms with Crippen LogP contribution in [0.15, 0.2) is 0 Å². The Labute approximate surface area is 202 Å². The van der Waals surface area contributed by atoms with Crippen molar-refractivity contribution in [1.82, 2.24) is 0 Å². The van der Waals surface area contributed by atoms with E-state index in [0.29, 0.717) is 38.9 Å². The van der Waals surface area contributed by atoms with E-state index in [4.69, 9.17) is 18.9 Å². The van der Waals surface area contributed by atoms with Crippen LogP contribution in [0.3, 0.4) is 0 Å². The van der Waals surface area contributed by atoms with Gasteiger partial charge in [-0.25, -0.2) is 0 Å². The predicted molar refractivity (Wildman–Crippen MR) is 131 cm³/mol. The number of rotatable bonds is 19. The number of hydrogen-bond donors (Lipinski definition) is 0. The minimum atomic E-state index is -0.431. The van der Waals surface area contributed by atoms with Crippen LogP contribution in [0.2, 0.25) is 0 Å². The molecule has 0 N–H and O–H groups in total. The number of unbranched alkanes of at least 4 members (excludes halogenated alkanes) is 8. The molecule has 3 atom stereocenters. The van der Waals surface area contributed by atoms with Crippen LogP contribution >= 0.6 is 0 Å². The Hall–Kier alpha value is -1.14. The molecule has 1 aliphatic carbocycles. The van der Waals surface area contributed by atoms with Gasteiger partial charge >= 0.3 is 11.9 Å². The first-order valence-corrected chi connectivity index (χ1v) is 13.7. The number of carbonyl (C=O) groups excluding carboxylic acids is 2. The summed E-state index contributed by atoms with van der Waals surface area (Å²) in [4.78, 5) is 25.0. The molecule has 0 bridgehead atoms. The fourth-order valence-corrected chi connectivity index (χ4v) is 4.49. The van der Waals surface area contributed by atoms with E-state index in [1.54, 1.807) is 0 Å². The van der Waals surface area contributed by atoms with E-state index in [0.717, 1.165) is 44.9 Å². The lowest BCUT2D eigenvalue weighted by molar-refractivity contribution is -0.199. The summed E-state index contributed by atoms with van der Waals surface area (Å²) in [5, 5.41) is 0. The summed E-state index contributed by atoms with van der Waals surface area (Å²) in [5.74, 6) is -0.250. The summed E-state index contributed by atoms with van der Waals surface area (Å²) in [7, 11) is 0. The lowest BCUT2D eigenvalue weighted by Gasteiger charge is -2.38. The molecular weight excluding hydrogens is 420 g/mol. The molecule has 0 aromatic heterocycles. The van der Waals surface area contributed by atoms with Gasteiger partial charge in [-0.2, -0.15) is 0 Å². The minimum absolute atomic E-state index is 0.122. The van der Waals surface area contributed by atoms with Gasteiger partial charge in [0.25, 0.3) is 0 Å². The second-order valence-corrected chi connectivity index (χ2v) is 9.24. The standard InChI is InChI=1S/C27H50O6/c1-5-9-11-13-15-17-25(28)32-23-20-19-22(27(30-7-3)31-8-4)21-24(23)33-26(29)18-16-14-12-10-6-2/h22-24,27H,5-21H2,1-4H3/t22?,23-,24+/m1/s1. The van der Waals surface area contributed by atoms with Gasteiger partial charge in [0.1, 0.15) is 12.2 Å². The highest BCUT2D eigenvalue weighted by atomic mass is 16.7. The number of hydrogen-bond acceptors (Lipinski definition) is 6. The first kappa shape index (κ1) is 29.9. The molecule has 194 valence electrons. The Morgan fingerprint density at radius 2 is 1.15 bits per heavy atom. The van der Waals surface area contributed by atoms with Crippen molar-refractivity contribution in [2.45, 2.75) is 143 Å². The lowest BCUT2D eigenvalue weighted by Crippen LogP contribution is -2.44. The molecule has 0 aliphatic heterocycles. The number of ether oxygens (including phenoxy) is 4. The van der Waals surface area contributed by atoms with Gasteiger partial charge in [0.05, 0.1) is 0 Å². The highest BCUT2D eigenvalue weighted by Gasteiger charge is 2.39. The third-order valence-electron chi connectivity index (χ3n) is 6.35. The van der Waals surface area contributed by atoms with E-state index in [1.807, 2.05) is 13.8 Å². The SMILES string of the molecule is CCCCCCCC(=O)O[C@H]1CC(C(OCC)OCC)CC[C@H]1OC(=O)CCCCCCC. The van der Waals surface area contributed by atoms with Crippen LogP contribution in [0.5, 0.6) is 0 Å². The molecule has 1 unspecified atom stereocenters. The summed E-state index contributed by atoms with van der Waals surface area (Å²) in [6.45, 7) is 9.41. The van der Waals surface area contributed by atoms with E-state index >= 15 is 0 Å². The lowest BCUT2D eigenvalue weighted by atomic mass is 9.84. The average Bonchev–Trinajstić information content (AvgIpc) is 2.80. The molecule has 1 fully saturated rings. The van der Waals surface area contributed by atoms with E-state index in [1.165, 1.54) is 25.7 Å². The van der Waals surface area contributed by atoms with Crippen LogP contribution in [0.4, 0.5) is 0 Å². The average molecular weight is 471 g/mol. The van der Waals surface area contributed by atoms with Crippen molar-refractivity contribution in [3.63, 3.8) is 0 Å². The van der Waals surface area contributed by atoms with Crippen molar-refractivity contribution in [3.05, 3.63) is 0 Å². The smallest absolute Gasteiger partial charge is 0.306 e. The Morgan fingerprint density at radius 3 is 1.64 bits per heavy atom. The molecule has 33 heavy (non-hydrogen) atoms. The van der Waals surface area contributed by atoms with Gasteiger partial charge in [-0.05, 0) is 46.0 Å². The minimum Gasteiger partial charge on any atom is -0.458 e. The summed E-state index contributed by atoms with van der Waals surface area (Å²) >= 11 is 0.